The van der Waals surface area contributed by atoms with E-state index in [1.807, 2.05) is 52.0 Å². The van der Waals surface area contributed by atoms with Gasteiger partial charge in [0.05, 0.1) is 17.1 Å². The summed E-state index contributed by atoms with van der Waals surface area (Å²) in [4.78, 5) is 11.9. The number of rotatable bonds is 4. The van der Waals surface area contributed by atoms with Crippen molar-refractivity contribution in [2.24, 2.45) is 5.10 Å². The second kappa shape index (κ2) is 8.72. The first-order valence-electron chi connectivity index (χ1n) is 9.37. The Labute approximate surface area is 179 Å². The quantitative estimate of drug-likeness (QED) is 0.497. The van der Waals surface area contributed by atoms with Gasteiger partial charge in [0, 0.05) is 11.6 Å². The molecule has 0 spiro atoms. The second-order valence-electron chi connectivity index (χ2n) is 7.80. The summed E-state index contributed by atoms with van der Waals surface area (Å²) < 4.78 is 18.8. The molecule has 5 nitrogen and oxygen atoms in total. The molecule has 1 heterocycles. The van der Waals surface area contributed by atoms with Crippen LogP contribution in [0.15, 0.2) is 47.6 Å². The van der Waals surface area contributed by atoms with Crippen molar-refractivity contribution in [1.29, 1.82) is 5.26 Å². The molecule has 30 heavy (non-hydrogen) atoms. The molecule has 3 rings (SSSR count). The molecule has 0 aromatic heterocycles. The molecule has 0 saturated carbocycles. The summed E-state index contributed by atoms with van der Waals surface area (Å²) in [6, 6.07) is 12.1. The molecule has 0 radical (unpaired) electrons. The van der Waals surface area contributed by atoms with E-state index in [0.29, 0.717) is 11.6 Å². The van der Waals surface area contributed by atoms with Crippen molar-refractivity contribution in [2.75, 3.05) is 10.9 Å². The van der Waals surface area contributed by atoms with Gasteiger partial charge in [0.2, 0.25) is 0 Å². The summed E-state index contributed by atoms with van der Waals surface area (Å²) in [5, 5.41) is 16.2. The number of nitrogens with zero attached hydrogens (tertiary/aromatic N) is 3. The van der Waals surface area contributed by atoms with Crippen LogP contribution in [0.2, 0.25) is 0 Å². The number of carbonyl (C=O) groups is 1. The van der Waals surface area contributed by atoms with Gasteiger partial charge in [-0.05, 0) is 63.1 Å². The summed E-state index contributed by atoms with van der Waals surface area (Å²) in [5.74, 6) is -0.347. The van der Waals surface area contributed by atoms with Gasteiger partial charge in [-0.25, -0.2) is 9.18 Å². The minimum Gasteiger partial charge on any atom is -0.457 e. The van der Waals surface area contributed by atoms with E-state index in [2.05, 4.69) is 5.10 Å². The summed E-state index contributed by atoms with van der Waals surface area (Å²) in [7, 11) is 0. The summed E-state index contributed by atoms with van der Waals surface area (Å²) in [6.45, 7) is 7.47. The molecule has 2 aromatic rings. The fraction of sp³-hybridized carbons (Fsp3) is 0.261. The fourth-order valence-corrected chi connectivity index (χ4v) is 3.84. The fourth-order valence-electron chi connectivity index (χ4n) is 2.84. The van der Waals surface area contributed by atoms with E-state index in [9.17, 15) is 9.18 Å². The van der Waals surface area contributed by atoms with Gasteiger partial charge in [0.25, 0.3) is 0 Å². The minimum atomic E-state index is -0.539. The average Bonchev–Trinajstić information content (AvgIpc) is 3.15. The number of anilines is 1. The molecule has 1 aliphatic heterocycles. The zero-order valence-electron chi connectivity index (χ0n) is 17.3. The molecular weight excluding hydrogens is 401 g/mol. The van der Waals surface area contributed by atoms with Gasteiger partial charge in [-0.15, -0.1) is 0 Å². The van der Waals surface area contributed by atoms with Crippen molar-refractivity contribution in [3.63, 3.8) is 0 Å². The first kappa shape index (κ1) is 21.6. The smallest absolute Gasteiger partial charge is 0.331 e. The van der Waals surface area contributed by atoms with Gasteiger partial charge < -0.3 is 4.74 Å². The standard InChI is InChI=1S/C23H22FN3O2S/c1-15-11-16(6-10-21(28)29-23(2,3)4)5-8-19(15)22-26-27(14-30-22)18-7-9-20(24)17(12-18)13-25/h5-12H,14H2,1-4H3. The van der Waals surface area contributed by atoms with E-state index < -0.39 is 11.4 Å². The van der Waals surface area contributed by atoms with Crippen LogP contribution in [-0.2, 0) is 9.53 Å². The Morgan fingerprint density at radius 2 is 2.07 bits per heavy atom. The van der Waals surface area contributed by atoms with Crippen molar-refractivity contribution < 1.29 is 13.9 Å². The van der Waals surface area contributed by atoms with Gasteiger partial charge in [-0.1, -0.05) is 30.0 Å². The van der Waals surface area contributed by atoms with Gasteiger partial charge in [-0.2, -0.15) is 10.4 Å². The third-order valence-corrected chi connectivity index (χ3v) is 5.15. The maximum absolute atomic E-state index is 13.6. The topological polar surface area (TPSA) is 65.7 Å². The van der Waals surface area contributed by atoms with Crippen molar-refractivity contribution in [3.8, 4) is 6.07 Å². The average molecular weight is 424 g/mol. The van der Waals surface area contributed by atoms with Crippen molar-refractivity contribution in [1.82, 2.24) is 0 Å². The van der Waals surface area contributed by atoms with Crippen molar-refractivity contribution in [2.45, 2.75) is 33.3 Å². The largest absolute Gasteiger partial charge is 0.457 e. The van der Waals surface area contributed by atoms with Gasteiger partial charge in [0.15, 0.2) is 0 Å². The van der Waals surface area contributed by atoms with Gasteiger partial charge in [0.1, 0.15) is 22.5 Å². The van der Waals surface area contributed by atoms with Gasteiger partial charge in [-0.3, -0.25) is 5.01 Å². The third-order valence-electron chi connectivity index (χ3n) is 4.20. The number of thioether (sulfide) groups is 1. The van der Waals surface area contributed by atoms with Crippen molar-refractivity contribution in [3.05, 3.63) is 70.5 Å². The molecule has 0 bridgehead atoms. The van der Waals surface area contributed by atoms with Crippen LogP contribution >= 0.6 is 11.8 Å². The highest BCUT2D eigenvalue weighted by Crippen LogP contribution is 2.30. The lowest BCUT2D eigenvalue weighted by Crippen LogP contribution is -2.22. The van der Waals surface area contributed by atoms with E-state index in [4.69, 9.17) is 10.00 Å². The number of hydrogen-bond donors (Lipinski definition) is 0. The minimum absolute atomic E-state index is 0.00143. The van der Waals surface area contributed by atoms with Crippen LogP contribution in [0.4, 0.5) is 10.1 Å². The van der Waals surface area contributed by atoms with E-state index in [1.54, 1.807) is 28.9 Å². The first-order chi connectivity index (χ1) is 14.2. The Hall–Kier alpha value is -3.11. The normalized spacial score (nSPS) is 14.0. The van der Waals surface area contributed by atoms with Crippen LogP contribution in [0, 0.1) is 24.1 Å². The van der Waals surface area contributed by atoms with Crippen LogP contribution in [0.25, 0.3) is 6.08 Å². The second-order valence-corrected chi connectivity index (χ2v) is 8.73. The molecule has 0 N–H and O–H groups in total. The monoisotopic (exact) mass is 423 g/mol. The number of nitriles is 1. The summed E-state index contributed by atoms with van der Waals surface area (Å²) >= 11 is 1.57. The zero-order chi connectivity index (χ0) is 21.9. The summed E-state index contributed by atoms with van der Waals surface area (Å²) in [5.41, 5.74) is 3.04. The van der Waals surface area contributed by atoms with Crippen molar-refractivity contribution >= 4 is 34.5 Å². The Kier molecular flexibility index (Phi) is 6.28. The molecule has 0 amide bonds. The Morgan fingerprint density at radius 3 is 2.73 bits per heavy atom. The number of hydrogen-bond acceptors (Lipinski definition) is 6. The maximum Gasteiger partial charge on any atom is 0.331 e. The SMILES string of the molecule is Cc1cc(C=CC(=O)OC(C)(C)C)ccc1C1=NN(c2ccc(F)c(C#N)c2)CS1. The number of ether oxygens (including phenoxy) is 1. The Bertz CT molecular complexity index is 1080. The number of esters is 1. The van der Waals surface area contributed by atoms with Gasteiger partial charge >= 0.3 is 5.97 Å². The van der Waals surface area contributed by atoms with Crippen LogP contribution < -0.4 is 5.01 Å². The number of carbonyl (C=O) groups excluding carboxylic acids is 1. The molecule has 1 aliphatic rings. The summed E-state index contributed by atoms with van der Waals surface area (Å²) in [6.07, 6.45) is 3.15. The van der Waals surface area contributed by atoms with Crippen LogP contribution in [-0.4, -0.2) is 22.5 Å². The highest BCUT2D eigenvalue weighted by molar-refractivity contribution is 8.14. The Balaban J connectivity index is 1.76. The van der Waals surface area contributed by atoms with E-state index in [1.165, 1.54) is 18.2 Å². The predicted octanol–water partition coefficient (Wildman–Crippen LogP) is 5.23. The number of hydrazone groups is 1. The van der Waals surface area contributed by atoms with Crippen LogP contribution in [0.1, 0.15) is 43.0 Å². The highest BCUT2D eigenvalue weighted by atomic mass is 32.2. The highest BCUT2D eigenvalue weighted by Gasteiger charge is 2.20. The molecule has 0 aliphatic carbocycles. The number of aryl methyl sites for hydroxylation is 1. The first-order valence-corrected chi connectivity index (χ1v) is 10.4. The lowest BCUT2D eigenvalue weighted by molar-refractivity contribution is -0.148. The molecule has 154 valence electrons. The van der Waals surface area contributed by atoms with Crippen LogP contribution in [0.3, 0.4) is 0 Å². The number of benzene rings is 2. The molecule has 0 unspecified atom stereocenters. The molecule has 7 heteroatoms. The van der Waals surface area contributed by atoms with Crippen LogP contribution in [0.5, 0.6) is 0 Å². The lowest BCUT2D eigenvalue weighted by Gasteiger charge is -2.17. The molecular formula is C23H22FN3O2S. The third kappa shape index (κ3) is 5.28. The lowest BCUT2D eigenvalue weighted by atomic mass is 10.1. The van der Waals surface area contributed by atoms with E-state index in [0.717, 1.165) is 21.7 Å². The van der Waals surface area contributed by atoms with E-state index >= 15 is 0 Å². The number of halogens is 1. The maximum atomic E-state index is 13.6. The molecule has 0 fully saturated rings. The predicted molar refractivity (Wildman–Crippen MR) is 119 cm³/mol. The zero-order valence-corrected chi connectivity index (χ0v) is 18.1. The molecule has 0 atom stereocenters. The Morgan fingerprint density at radius 1 is 1.30 bits per heavy atom. The molecule has 2 aromatic carbocycles. The van der Waals surface area contributed by atoms with E-state index in [-0.39, 0.29) is 11.5 Å². The molecule has 0 saturated heterocycles.